The summed E-state index contributed by atoms with van der Waals surface area (Å²) in [6, 6.07) is 27.9. The Balaban J connectivity index is 1.54. The average Bonchev–Trinajstić information content (AvgIpc) is 2.94. The Kier molecular flexibility index (Phi) is 7.86. The first kappa shape index (κ1) is 25.7. The summed E-state index contributed by atoms with van der Waals surface area (Å²) in [6.07, 6.45) is 1.61. The van der Waals surface area contributed by atoms with Crippen molar-refractivity contribution in [3.63, 3.8) is 0 Å². The molecule has 190 valence electrons. The van der Waals surface area contributed by atoms with Crippen molar-refractivity contribution in [3.05, 3.63) is 122 Å². The third-order valence-corrected chi connectivity index (χ3v) is 6.86. The molecule has 0 aliphatic carbocycles. The topological polar surface area (TPSA) is 65.7 Å². The van der Waals surface area contributed by atoms with Crippen LogP contribution in [0.4, 0.5) is 0 Å². The normalized spacial score (nSPS) is 11.2. The summed E-state index contributed by atoms with van der Waals surface area (Å²) in [4.78, 5) is 18.2. The molecular formula is C30H23BrClN3O3. The maximum atomic E-state index is 13.4. The molecule has 0 radical (unpaired) electrons. The van der Waals surface area contributed by atoms with Crippen molar-refractivity contribution >= 4 is 44.6 Å². The largest absolute Gasteiger partial charge is 0.490 e. The van der Waals surface area contributed by atoms with E-state index in [0.29, 0.717) is 45.4 Å². The molecule has 0 unspecified atom stereocenters. The van der Waals surface area contributed by atoms with E-state index >= 15 is 0 Å². The summed E-state index contributed by atoms with van der Waals surface area (Å²) < 4.78 is 14.0. The van der Waals surface area contributed by atoms with Crippen molar-refractivity contribution in [2.75, 3.05) is 6.61 Å². The summed E-state index contributed by atoms with van der Waals surface area (Å²) in [5.41, 5.74) is 2.71. The van der Waals surface area contributed by atoms with Gasteiger partial charge in [0.15, 0.2) is 17.3 Å². The average molecular weight is 589 g/mol. The molecule has 0 saturated carbocycles. The molecule has 1 heterocycles. The van der Waals surface area contributed by atoms with Gasteiger partial charge in [0.1, 0.15) is 6.61 Å². The van der Waals surface area contributed by atoms with E-state index in [2.05, 4.69) is 21.0 Å². The molecule has 38 heavy (non-hydrogen) atoms. The highest BCUT2D eigenvalue weighted by Gasteiger charge is 2.14. The Morgan fingerprint density at radius 1 is 0.947 bits per heavy atom. The summed E-state index contributed by atoms with van der Waals surface area (Å²) in [5, 5.41) is 5.70. The van der Waals surface area contributed by atoms with E-state index in [0.717, 1.165) is 15.6 Å². The second-order valence-corrected chi connectivity index (χ2v) is 9.58. The van der Waals surface area contributed by atoms with Crippen molar-refractivity contribution in [1.29, 1.82) is 0 Å². The standard InChI is InChI=1S/C30H23BrClN3O3/c1-2-37-27-16-22(24(31)17-28(27)38-19-21-12-6-8-14-25(21)32)18-33-35-29(20-10-4-3-5-11-20)34-26-15-9-7-13-23(26)30(35)36/h3-18H,2,19H2,1H3. The molecule has 0 saturated heterocycles. The van der Waals surface area contributed by atoms with Gasteiger partial charge in [-0.3, -0.25) is 4.79 Å². The Hall–Kier alpha value is -3.94. The molecule has 0 fully saturated rings. The van der Waals surface area contributed by atoms with Gasteiger partial charge in [-0.2, -0.15) is 9.78 Å². The fourth-order valence-electron chi connectivity index (χ4n) is 3.93. The Bertz CT molecular complexity index is 1690. The van der Waals surface area contributed by atoms with Crippen LogP contribution >= 0.6 is 27.5 Å². The number of fused-ring (bicyclic) bond motifs is 1. The number of nitrogens with zero attached hydrogens (tertiary/aromatic N) is 3. The van der Waals surface area contributed by atoms with Crippen LogP contribution < -0.4 is 15.0 Å². The van der Waals surface area contributed by atoms with Crippen molar-refractivity contribution in [2.45, 2.75) is 13.5 Å². The monoisotopic (exact) mass is 587 g/mol. The SMILES string of the molecule is CCOc1cc(C=Nn2c(-c3ccccc3)nc3ccccc3c2=O)c(Br)cc1OCc1ccccc1Cl. The minimum absolute atomic E-state index is 0.258. The van der Waals surface area contributed by atoms with Gasteiger partial charge in [-0.15, -0.1) is 0 Å². The molecule has 0 bridgehead atoms. The van der Waals surface area contributed by atoms with Crippen LogP contribution in [0.15, 0.2) is 105 Å². The molecule has 0 atom stereocenters. The van der Waals surface area contributed by atoms with Gasteiger partial charge >= 0.3 is 0 Å². The third kappa shape index (κ3) is 5.49. The zero-order chi connectivity index (χ0) is 26.5. The van der Waals surface area contributed by atoms with Gasteiger partial charge in [0, 0.05) is 26.2 Å². The lowest BCUT2D eigenvalue weighted by Gasteiger charge is -2.14. The number of benzene rings is 4. The van der Waals surface area contributed by atoms with E-state index in [1.165, 1.54) is 4.68 Å². The maximum absolute atomic E-state index is 13.4. The van der Waals surface area contributed by atoms with Crippen molar-refractivity contribution < 1.29 is 9.47 Å². The molecule has 0 aliphatic rings. The van der Waals surface area contributed by atoms with E-state index in [1.54, 1.807) is 12.3 Å². The van der Waals surface area contributed by atoms with Gasteiger partial charge in [0.05, 0.1) is 23.7 Å². The van der Waals surface area contributed by atoms with Crippen LogP contribution in [0, 0.1) is 0 Å². The fraction of sp³-hybridized carbons (Fsp3) is 0.100. The molecule has 0 aliphatic heterocycles. The van der Waals surface area contributed by atoms with Crippen LogP contribution in [0.3, 0.4) is 0 Å². The lowest BCUT2D eigenvalue weighted by molar-refractivity contribution is 0.269. The molecule has 0 spiro atoms. The number of ether oxygens (including phenoxy) is 2. The maximum Gasteiger partial charge on any atom is 0.282 e. The molecule has 5 rings (SSSR count). The Morgan fingerprint density at radius 3 is 2.45 bits per heavy atom. The van der Waals surface area contributed by atoms with Crippen molar-refractivity contribution in [1.82, 2.24) is 9.66 Å². The smallest absolute Gasteiger partial charge is 0.282 e. The minimum atomic E-state index is -0.258. The Morgan fingerprint density at radius 2 is 1.66 bits per heavy atom. The molecule has 6 nitrogen and oxygen atoms in total. The molecule has 8 heteroatoms. The minimum Gasteiger partial charge on any atom is -0.490 e. The molecule has 4 aromatic carbocycles. The number of rotatable bonds is 8. The Labute approximate surface area is 233 Å². The highest BCUT2D eigenvalue weighted by Crippen LogP contribution is 2.34. The third-order valence-electron chi connectivity index (χ3n) is 5.80. The molecule has 0 N–H and O–H groups in total. The van der Waals surface area contributed by atoms with Crippen LogP contribution in [0.5, 0.6) is 11.5 Å². The predicted molar refractivity (Wildman–Crippen MR) is 156 cm³/mol. The zero-order valence-corrected chi connectivity index (χ0v) is 22.8. The summed E-state index contributed by atoms with van der Waals surface area (Å²) in [7, 11) is 0. The van der Waals surface area contributed by atoms with Gasteiger partial charge in [-0.1, -0.05) is 72.3 Å². The quantitative estimate of drug-likeness (QED) is 0.178. The lowest BCUT2D eigenvalue weighted by Crippen LogP contribution is -2.20. The highest BCUT2D eigenvalue weighted by atomic mass is 79.9. The van der Waals surface area contributed by atoms with Gasteiger partial charge < -0.3 is 9.47 Å². The van der Waals surface area contributed by atoms with Crippen LogP contribution in [-0.4, -0.2) is 22.5 Å². The van der Waals surface area contributed by atoms with E-state index in [1.807, 2.05) is 91.9 Å². The molecule has 5 aromatic rings. The number of hydrogen-bond acceptors (Lipinski definition) is 5. The van der Waals surface area contributed by atoms with E-state index in [-0.39, 0.29) is 12.2 Å². The molecule has 0 amide bonds. The van der Waals surface area contributed by atoms with Crippen LogP contribution in [0.1, 0.15) is 18.1 Å². The number of halogens is 2. The van der Waals surface area contributed by atoms with Crippen molar-refractivity contribution in [3.8, 4) is 22.9 Å². The van der Waals surface area contributed by atoms with Crippen molar-refractivity contribution in [2.24, 2.45) is 5.10 Å². The number of aromatic nitrogens is 2. The summed E-state index contributed by atoms with van der Waals surface area (Å²) in [5.74, 6) is 1.56. The van der Waals surface area contributed by atoms with Crippen LogP contribution in [-0.2, 0) is 6.61 Å². The second-order valence-electron chi connectivity index (χ2n) is 8.31. The van der Waals surface area contributed by atoms with Gasteiger partial charge in [0.2, 0.25) is 0 Å². The second kappa shape index (κ2) is 11.6. The van der Waals surface area contributed by atoms with E-state index in [4.69, 9.17) is 26.1 Å². The van der Waals surface area contributed by atoms with E-state index < -0.39 is 0 Å². The molecule has 1 aromatic heterocycles. The highest BCUT2D eigenvalue weighted by molar-refractivity contribution is 9.10. The van der Waals surface area contributed by atoms with Gasteiger partial charge in [-0.05, 0) is 53.2 Å². The summed E-state index contributed by atoms with van der Waals surface area (Å²) in [6.45, 7) is 2.64. The van der Waals surface area contributed by atoms with Gasteiger partial charge in [0.25, 0.3) is 5.56 Å². The number of para-hydroxylation sites is 1. The van der Waals surface area contributed by atoms with Crippen LogP contribution in [0.25, 0.3) is 22.3 Å². The fourth-order valence-corrected chi connectivity index (χ4v) is 4.54. The lowest BCUT2D eigenvalue weighted by atomic mass is 10.2. The first-order valence-electron chi connectivity index (χ1n) is 12.0. The zero-order valence-electron chi connectivity index (χ0n) is 20.5. The first-order chi connectivity index (χ1) is 18.5. The van der Waals surface area contributed by atoms with E-state index in [9.17, 15) is 4.79 Å². The first-order valence-corrected chi connectivity index (χ1v) is 13.2. The predicted octanol–water partition coefficient (Wildman–Crippen LogP) is 7.34. The molecular weight excluding hydrogens is 566 g/mol. The number of hydrogen-bond donors (Lipinski definition) is 0. The van der Waals surface area contributed by atoms with Gasteiger partial charge in [-0.25, -0.2) is 4.98 Å². The van der Waals surface area contributed by atoms with Crippen LogP contribution in [0.2, 0.25) is 5.02 Å². The summed E-state index contributed by atoms with van der Waals surface area (Å²) >= 11 is 9.90.